The number of aliphatic hydroxyl groups is 1. The molecule has 0 atom stereocenters. The number of unbranched alkanes of at least 4 members (excludes halogenated alkanes) is 3. The molecule has 17 heavy (non-hydrogen) atoms. The van der Waals surface area contributed by atoms with Crippen LogP contribution in [0.3, 0.4) is 0 Å². The van der Waals surface area contributed by atoms with E-state index >= 15 is 0 Å². The topological polar surface area (TPSA) is 32.3 Å². The fourth-order valence-corrected chi connectivity index (χ4v) is 2.80. The van der Waals surface area contributed by atoms with Crippen molar-refractivity contribution < 1.29 is 5.11 Å². The summed E-state index contributed by atoms with van der Waals surface area (Å²) in [4.78, 5) is 0. The van der Waals surface area contributed by atoms with Crippen LogP contribution in [0.5, 0.6) is 0 Å². The lowest BCUT2D eigenvalue weighted by Crippen LogP contribution is -2.43. The Hall–Kier alpha value is -0.0800. The lowest BCUT2D eigenvalue weighted by Gasteiger charge is -2.36. The Morgan fingerprint density at radius 1 is 1.12 bits per heavy atom. The fourth-order valence-electron chi connectivity index (χ4n) is 2.80. The third-order valence-corrected chi connectivity index (χ3v) is 4.27. The van der Waals surface area contributed by atoms with Gasteiger partial charge in [0.25, 0.3) is 0 Å². The van der Waals surface area contributed by atoms with Gasteiger partial charge in [0.1, 0.15) is 0 Å². The summed E-state index contributed by atoms with van der Waals surface area (Å²) in [6, 6.07) is 0. The van der Waals surface area contributed by atoms with Crippen molar-refractivity contribution in [1.82, 2.24) is 5.32 Å². The molecule has 1 rings (SSSR count). The van der Waals surface area contributed by atoms with Gasteiger partial charge in [0, 0.05) is 6.54 Å². The monoisotopic (exact) mass is 241 g/mol. The summed E-state index contributed by atoms with van der Waals surface area (Å²) >= 11 is 0. The van der Waals surface area contributed by atoms with Crippen molar-refractivity contribution in [1.29, 1.82) is 0 Å². The van der Waals surface area contributed by atoms with Crippen LogP contribution in [0.4, 0.5) is 0 Å². The molecule has 0 heterocycles. The lowest BCUT2D eigenvalue weighted by molar-refractivity contribution is -0.00847. The summed E-state index contributed by atoms with van der Waals surface area (Å²) < 4.78 is 0. The molecule has 0 amide bonds. The molecule has 1 saturated carbocycles. The SMILES string of the molecule is CCCCCCNCC1(O)CCC(CC)CC1. The van der Waals surface area contributed by atoms with E-state index in [1.165, 1.54) is 44.9 Å². The number of hydrogen-bond donors (Lipinski definition) is 2. The second kappa shape index (κ2) is 8.10. The van der Waals surface area contributed by atoms with Gasteiger partial charge in [-0.25, -0.2) is 0 Å². The zero-order valence-corrected chi connectivity index (χ0v) is 11.8. The van der Waals surface area contributed by atoms with Crippen LogP contribution < -0.4 is 5.32 Å². The van der Waals surface area contributed by atoms with E-state index in [1.807, 2.05) is 0 Å². The van der Waals surface area contributed by atoms with Gasteiger partial charge in [0.2, 0.25) is 0 Å². The Balaban J connectivity index is 2.06. The highest BCUT2D eigenvalue weighted by atomic mass is 16.3. The summed E-state index contributed by atoms with van der Waals surface area (Å²) in [6.45, 7) is 6.37. The van der Waals surface area contributed by atoms with Crippen LogP contribution in [0.25, 0.3) is 0 Å². The highest BCUT2D eigenvalue weighted by Gasteiger charge is 2.31. The van der Waals surface area contributed by atoms with Crippen LogP contribution in [-0.4, -0.2) is 23.8 Å². The van der Waals surface area contributed by atoms with Crippen molar-refractivity contribution in [2.75, 3.05) is 13.1 Å². The van der Waals surface area contributed by atoms with Gasteiger partial charge >= 0.3 is 0 Å². The first kappa shape index (κ1) is 15.0. The predicted molar refractivity (Wildman–Crippen MR) is 74.2 cm³/mol. The van der Waals surface area contributed by atoms with Crippen LogP contribution >= 0.6 is 0 Å². The second-order valence-corrected chi connectivity index (χ2v) is 5.81. The van der Waals surface area contributed by atoms with E-state index in [-0.39, 0.29) is 0 Å². The summed E-state index contributed by atoms with van der Waals surface area (Å²) in [5.41, 5.74) is -0.406. The van der Waals surface area contributed by atoms with Crippen LogP contribution in [0.1, 0.15) is 71.6 Å². The molecule has 0 aromatic rings. The average Bonchev–Trinajstić information content (AvgIpc) is 2.35. The summed E-state index contributed by atoms with van der Waals surface area (Å²) in [5.74, 6) is 0.861. The molecular weight excluding hydrogens is 210 g/mol. The molecule has 1 fully saturated rings. The van der Waals surface area contributed by atoms with Gasteiger partial charge in [0.15, 0.2) is 0 Å². The van der Waals surface area contributed by atoms with E-state index in [9.17, 15) is 5.11 Å². The molecule has 0 spiro atoms. The Kier molecular flexibility index (Phi) is 7.14. The molecule has 0 aromatic carbocycles. The molecule has 0 unspecified atom stereocenters. The van der Waals surface area contributed by atoms with E-state index in [0.717, 1.165) is 31.8 Å². The van der Waals surface area contributed by atoms with E-state index in [2.05, 4.69) is 19.2 Å². The molecule has 0 radical (unpaired) electrons. The predicted octanol–water partition coefficient (Wildman–Crippen LogP) is 3.49. The standard InChI is InChI=1S/C15H31NO/c1-3-5-6-7-12-16-13-15(17)10-8-14(4-2)9-11-15/h14,16-17H,3-13H2,1-2H3. The normalized spacial score (nSPS) is 29.5. The third kappa shape index (κ3) is 5.87. The van der Waals surface area contributed by atoms with Gasteiger partial charge in [-0.05, 0) is 44.6 Å². The summed E-state index contributed by atoms with van der Waals surface area (Å²) in [7, 11) is 0. The molecular formula is C15H31NO. The van der Waals surface area contributed by atoms with Crippen LogP contribution in [-0.2, 0) is 0 Å². The first-order valence-corrected chi connectivity index (χ1v) is 7.63. The number of nitrogens with one attached hydrogen (secondary N) is 1. The van der Waals surface area contributed by atoms with Crippen molar-refractivity contribution >= 4 is 0 Å². The maximum absolute atomic E-state index is 10.4. The zero-order chi connectivity index (χ0) is 12.6. The minimum Gasteiger partial charge on any atom is -0.389 e. The van der Waals surface area contributed by atoms with Crippen molar-refractivity contribution in [3.8, 4) is 0 Å². The summed E-state index contributed by atoms with van der Waals surface area (Å²) in [6.07, 6.45) is 10.9. The van der Waals surface area contributed by atoms with Gasteiger partial charge in [-0.15, -0.1) is 0 Å². The highest BCUT2D eigenvalue weighted by molar-refractivity contribution is 4.86. The molecule has 2 N–H and O–H groups in total. The van der Waals surface area contributed by atoms with Gasteiger partial charge in [-0.2, -0.15) is 0 Å². The van der Waals surface area contributed by atoms with Crippen molar-refractivity contribution in [3.05, 3.63) is 0 Å². The average molecular weight is 241 g/mol. The zero-order valence-electron chi connectivity index (χ0n) is 11.8. The quantitative estimate of drug-likeness (QED) is 0.638. The molecule has 0 saturated heterocycles. The minimum atomic E-state index is -0.406. The van der Waals surface area contributed by atoms with Gasteiger partial charge in [-0.1, -0.05) is 39.5 Å². The molecule has 0 aromatic heterocycles. The maximum atomic E-state index is 10.4. The second-order valence-electron chi connectivity index (χ2n) is 5.81. The van der Waals surface area contributed by atoms with E-state index < -0.39 is 5.60 Å². The molecule has 1 aliphatic carbocycles. The molecule has 0 aliphatic heterocycles. The molecule has 0 bridgehead atoms. The number of hydrogen-bond acceptors (Lipinski definition) is 2. The molecule has 2 nitrogen and oxygen atoms in total. The van der Waals surface area contributed by atoms with Gasteiger partial charge < -0.3 is 10.4 Å². The Morgan fingerprint density at radius 3 is 2.41 bits per heavy atom. The van der Waals surface area contributed by atoms with E-state index in [1.54, 1.807) is 0 Å². The first-order chi connectivity index (χ1) is 8.20. The Labute approximate surface area is 107 Å². The van der Waals surface area contributed by atoms with E-state index in [0.29, 0.717) is 0 Å². The third-order valence-electron chi connectivity index (χ3n) is 4.27. The molecule has 2 heteroatoms. The van der Waals surface area contributed by atoms with Crippen molar-refractivity contribution in [2.24, 2.45) is 5.92 Å². The highest BCUT2D eigenvalue weighted by Crippen LogP contribution is 2.33. The van der Waals surface area contributed by atoms with Crippen molar-refractivity contribution in [2.45, 2.75) is 77.2 Å². The summed E-state index contributed by atoms with van der Waals surface area (Å²) in [5, 5.41) is 13.9. The van der Waals surface area contributed by atoms with Crippen LogP contribution in [0.2, 0.25) is 0 Å². The van der Waals surface area contributed by atoms with Crippen molar-refractivity contribution in [3.63, 3.8) is 0 Å². The van der Waals surface area contributed by atoms with Crippen LogP contribution in [0, 0.1) is 5.92 Å². The number of rotatable bonds is 8. The van der Waals surface area contributed by atoms with Gasteiger partial charge in [0.05, 0.1) is 5.60 Å². The van der Waals surface area contributed by atoms with Gasteiger partial charge in [-0.3, -0.25) is 0 Å². The smallest absolute Gasteiger partial charge is 0.0771 e. The van der Waals surface area contributed by atoms with E-state index in [4.69, 9.17) is 0 Å². The minimum absolute atomic E-state index is 0.406. The Bertz CT molecular complexity index is 185. The molecule has 102 valence electrons. The largest absolute Gasteiger partial charge is 0.389 e. The Morgan fingerprint density at radius 2 is 1.82 bits per heavy atom. The lowest BCUT2D eigenvalue weighted by atomic mass is 9.78. The molecule has 1 aliphatic rings. The maximum Gasteiger partial charge on any atom is 0.0771 e. The fraction of sp³-hybridized carbons (Fsp3) is 1.00. The first-order valence-electron chi connectivity index (χ1n) is 7.63. The van der Waals surface area contributed by atoms with Crippen LogP contribution in [0.15, 0.2) is 0 Å².